The molecule has 2 aromatic rings. The van der Waals surface area contributed by atoms with E-state index in [-0.39, 0.29) is 5.95 Å². The number of benzene rings is 1. The molecule has 2 nitrogen and oxygen atoms in total. The van der Waals surface area contributed by atoms with Crippen molar-refractivity contribution in [3.05, 3.63) is 35.3 Å². The third-order valence-electron chi connectivity index (χ3n) is 3.72. The van der Waals surface area contributed by atoms with Crippen LogP contribution in [0.15, 0.2) is 23.8 Å². The highest BCUT2D eigenvalue weighted by Gasteiger charge is 2.25. The van der Waals surface area contributed by atoms with E-state index in [4.69, 9.17) is 0 Å². The minimum absolute atomic E-state index is 0.335. The number of hydrogen-bond acceptors (Lipinski definition) is 1. The molecule has 1 N–H and O–H groups in total. The van der Waals surface area contributed by atoms with Crippen molar-refractivity contribution in [2.75, 3.05) is 0 Å². The Morgan fingerprint density at radius 1 is 1.35 bits per heavy atom. The Balaban J connectivity index is 2.23. The number of aromatic amines is 1. The van der Waals surface area contributed by atoms with Crippen molar-refractivity contribution in [3.63, 3.8) is 0 Å². The van der Waals surface area contributed by atoms with Crippen LogP contribution in [0, 0.1) is 11.9 Å². The summed E-state index contributed by atoms with van der Waals surface area (Å²) in [5.41, 5.74) is 4.25. The number of hydrogen-bond donors (Lipinski definition) is 1. The molecule has 1 aromatic carbocycles. The fraction of sp³-hybridized carbons (Fsp3) is 0.357. The van der Waals surface area contributed by atoms with Gasteiger partial charge in [0.15, 0.2) is 0 Å². The van der Waals surface area contributed by atoms with Crippen molar-refractivity contribution in [2.24, 2.45) is 5.92 Å². The number of rotatable bonds is 2. The zero-order valence-corrected chi connectivity index (χ0v) is 10.0. The number of halogens is 1. The second-order valence-electron chi connectivity index (χ2n) is 4.82. The summed E-state index contributed by atoms with van der Waals surface area (Å²) in [7, 11) is 0. The molecule has 1 heterocycles. The molecular weight excluding hydrogens is 215 g/mol. The molecule has 1 aliphatic rings. The molecule has 0 aliphatic heterocycles. The van der Waals surface area contributed by atoms with E-state index in [2.05, 4.69) is 24.0 Å². The highest BCUT2D eigenvalue weighted by Crippen LogP contribution is 2.40. The Morgan fingerprint density at radius 3 is 2.82 bits per heavy atom. The maximum Gasteiger partial charge on any atom is 0.217 e. The van der Waals surface area contributed by atoms with Gasteiger partial charge in [-0.2, -0.15) is 9.49 Å². The molecule has 0 saturated heterocycles. The fourth-order valence-electron chi connectivity index (χ4n) is 2.38. The molecule has 3 heteroatoms. The zero-order chi connectivity index (χ0) is 12.0. The highest BCUT2D eigenvalue weighted by atomic mass is 19.1. The summed E-state index contributed by atoms with van der Waals surface area (Å²) < 4.78 is 13.7. The molecule has 88 valence electrons. The number of nitrogens with zero attached hydrogens (tertiary/aromatic N) is 1. The maximum absolute atomic E-state index is 13.7. The Morgan fingerprint density at radius 2 is 2.12 bits per heavy atom. The van der Waals surface area contributed by atoms with Gasteiger partial charge in [-0.25, -0.2) is 0 Å². The number of nitrogens with one attached hydrogen (secondary N) is 1. The standard InChI is InChI=1S/C14H15FN2/c1-8(10-6-7-10)9(2)11-4-3-5-12-13(11)14(15)17-16-12/h3-5,10H,6-7H2,1-2H3,(H,16,17)/b9-8-. The van der Waals surface area contributed by atoms with E-state index in [0.29, 0.717) is 16.8 Å². The van der Waals surface area contributed by atoms with Crippen LogP contribution in [0.5, 0.6) is 0 Å². The number of H-pyrrole nitrogens is 1. The van der Waals surface area contributed by atoms with E-state index < -0.39 is 0 Å². The van der Waals surface area contributed by atoms with Crippen LogP contribution in [0.2, 0.25) is 0 Å². The predicted octanol–water partition coefficient (Wildman–Crippen LogP) is 3.91. The minimum Gasteiger partial charge on any atom is -0.252 e. The highest BCUT2D eigenvalue weighted by molar-refractivity contribution is 5.92. The van der Waals surface area contributed by atoms with Gasteiger partial charge in [0.05, 0.1) is 10.9 Å². The first-order chi connectivity index (χ1) is 8.18. The van der Waals surface area contributed by atoms with Crippen molar-refractivity contribution < 1.29 is 4.39 Å². The van der Waals surface area contributed by atoms with E-state index in [9.17, 15) is 4.39 Å². The molecule has 0 unspecified atom stereocenters. The summed E-state index contributed by atoms with van der Waals surface area (Å²) in [5, 5.41) is 6.99. The number of fused-ring (bicyclic) bond motifs is 1. The summed E-state index contributed by atoms with van der Waals surface area (Å²) in [6, 6.07) is 5.74. The van der Waals surface area contributed by atoms with Gasteiger partial charge in [0.25, 0.3) is 0 Å². The number of allylic oxidation sites excluding steroid dienone is 2. The lowest BCUT2D eigenvalue weighted by atomic mass is 9.97. The Hall–Kier alpha value is -1.64. The zero-order valence-electron chi connectivity index (χ0n) is 10.0. The molecule has 0 radical (unpaired) electrons. The topological polar surface area (TPSA) is 28.7 Å². The molecule has 0 atom stereocenters. The predicted molar refractivity (Wildman–Crippen MR) is 67.0 cm³/mol. The van der Waals surface area contributed by atoms with Crippen LogP contribution >= 0.6 is 0 Å². The third-order valence-corrected chi connectivity index (χ3v) is 3.72. The van der Waals surface area contributed by atoms with E-state index in [1.165, 1.54) is 24.0 Å². The van der Waals surface area contributed by atoms with Gasteiger partial charge in [0, 0.05) is 0 Å². The largest absolute Gasteiger partial charge is 0.252 e. The van der Waals surface area contributed by atoms with Gasteiger partial charge in [-0.1, -0.05) is 17.7 Å². The lowest BCUT2D eigenvalue weighted by Crippen LogP contribution is -1.89. The molecule has 0 bridgehead atoms. The van der Waals surface area contributed by atoms with Crippen LogP contribution in [0.25, 0.3) is 16.5 Å². The van der Waals surface area contributed by atoms with Crippen LogP contribution in [0.3, 0.4) is 0 Å². The average Bonchev–Trinajstić information content (AvgIpc) is 3.12. The SMILES string of the molecule is C/C(=C(\C)C1CC1)c1cccc2n[nH]c(F)c12. The quantitative estimate of drug-likeness (QED) is 0.832. The second-order valence-corrected chi connectivity index (χ2v) is 4.82. The van der Waals surface area contributed by atoms with Gasteiger partial charge < -0.3 is 0 Å². The lowest BCUT2D eigenvalue weighted by Gasteiger charge is -2.08. The van der Waals surface area contributed by atoms with Gasteiger partial charge in [0.2, 0.25) is 5.95 Å². The second kappa shape index (κ2) is 3.69. The van der Waals surface area contributed by atoms with Crippen LogP contribution in [0.4, 0.5) is 4.39 Å². The van der Waals surface area contributed by atoms with Crippen LogP contribution in [0.1, 0.15) is 32.3 Å². The first-order valence-corrected chi connectivity index (χ1v) is 5.99. The lowest BCUT2D eigenvalue weighted by molar-refractivity contribution is 0.588. The Kier molecular flexibility index (Phi) is 2.28. The Bertz CT molecular complexity index is 606. The van der Waals surface area contributed by atoms with E-state index in [1.807, 2.05) is 18.2 Å². The van der Waals surface area contributed by atoms with Crippen LogP contribution < -0.4 is 0 Å². The molecule has 17 heavy (non-hydrogen) atoms. The number of aromatic nitrogens is 2. The average molecular weight is 230 g/mol. The van der Waals surface area contributed by atoms with Crippen molar-refractivity contribution in [2.45, 2.75) is 26.7 Å². The third kappa shape index (κ3) is 1.66. The fourth-order valence-corrected chi connectivity index (χ4v) is 2.38. The normalized spacial score (nSPS) is 17.4. The summed E-state index contributed by atoms with van der Waals surface area (Å²) in [6.45, 7) is 4.23. The summed E-state index contributed by atoms with van der Waals surface area (Å²) >= 11 is 0. The van der Waals surface area contributed by atoms with Crippen LogP contribution in [-0.4, -0.2) is 10.2 Å². The monoisotopic (exact) mass is 230 g/mol. The van der Waals surface area contributed by atoms with Crippen molar-refractivity contribution >= 4 is 16.5 Å². The maximum atomic E-state index is 13.7. The molecule has 3 rings (SSSR count). The summed E-state index contributed by atoms with van der Waals surface area (Å²) in [5.74, 6) is 0.374. The van der Waals surface area contributed by atoms with Gasteiger partial charge in [0.1, 0.15) is 0 Å². The minimum atomic E-state index is -0.335. The molecule has 1 aromatic heterocycles. The van der Waals surface area contributed by atoms with Gasteiger partial charge >= 0.3 is 0 Å². The molecule has 0 amide bonds. The van der Waals surface area contributed by atoms with Crippen molar-refractivity contribution in [3.8, 4) is 0 Å². The molecular formula is C14H15FN2. The van der Waals surface area contributed by atoms with Gasteiger partial charge in [-0.3, -0.25) is 5.10 Å². The summed E-state index contributed by atoms with van der Waals surface area (Å²) in [6.07, 6.45) is 2.54. The molecule has 1 aliphatic carbocycles. The molecule has 1 saturated carbocycles. The molecule has 0 spiro atoms. The summed E-state index contributed by atoms with van der Waals surface area (Å²) in [4.78, 5) is 0. The van der Waals surface area contributed by atoms with E-state index in [1.54, 1.807) is 0 Å². The van der Waals surface area contributed by atoms with Crippen molar-refractivity contribution in [1.29, 1.82) is 0 Å². The first-order valence-electron chi connectivity index (χ1n) is 5.99. The molecule has 1 fully saturated rings. The van der Waals surface area contributed by atoms with E-state index >= 15 is 0 Å². The van der Waals surface area contributed by atoms with Gasteiger partial charge in [-0.05, 0) is 49.8 Å². The van der Waals surface area contributed by atoms with Crippen LogP contribution in [-0.2, 0) is 0 Å². The van der Waals surface area contributed by atoms with Crippen molar-refractivity contribution in [1.82, 2.24) is 10.2 Å². The first kappa shape index (κ1) is 10.5. The van der Waals surface area contributed by atoms with E-state index in [0.717, 1.165) is 5.56 Å². The Labute approximate surface area is 99.5 Å². The van der Waals surface area contributed by atoms with Gasteiger partial charge in [-0.15, -0.1) is 0 Å². The smallest absolute Gasteiger partial charge is 0.217 e.